The molecule has 1 saturated heterocycles. The molecule has 1 heterocycles. The molecule has 152 valence electrons. The summed E-state index contributed by atoms with van der Waals surface area (Å²) in [5, 5.41) is 6.82. The van der Waals surface area contributed by atoms with Crippen molar-refractivity contribution in [1.82, 2.24) is 15.5 Å². The zero-order valence-electron chi connectivity index (χ0n) is 16.5. The van der Waals surface area contributed by atoms with Crippen LogP contribution >= 0.6 is 24.0 Å². The van der Waals surface area contributed by atoms with Crippen LogP contribution in [0.4, 0.5) is 10.1 Å². The third kappa shape index (κ3) is 6.78. The Labute approximate surface area is 179 Å². The molecule has 0 spiro atoms. The first-order chi connectivity index (χ1) is 12.7. The minimum absolute atomic E-state index is 0. The Bertz CT molecular complexity index is 604. The molecule has 1 aromatic rings. The summed E-state index contributed by atoms with van der Waals surface area (Å²) in [6.45, 7) is 10.9. The molecule has 7 heteroatoms. The number of hydrogen-bond acceptors (Lipinski definition) is 3. The van der Waals surface area contributed by atoms with Crippen LogP contribution in [0, 0.1) is 11.7 Å². The highest BCUT2D eigenvalue weighted by Crippen LogP contribution is 2.28. The van der Waals surface area contributed by atoms with Crippen LogP contribution in [0.5, 0.6) is 0 Å². The smallest absolute Gasteiger partial charge is 0.191 e. The van der Waals surface area contributed by atoms with E-state index in [-0.39, 0.29) is 29.8 Å². The number of piperazine rings is 1. The van der Waals surface area contributed by atoms with Gasteiger partial charge in [0.25, 0.3) is 0 Å². The van der Waals surface area contributed by atoms with Gasteiger partial charge in [0.05, 0.1) is 5.69 Å². The Balaban J connectivity index is 0.00000261. The third-order valence-corrected chi connectivity index (χ3v) is 5.24. The molecule has 0 aromatic heterocycles. The maximum Gasteiger partial charge on any atom is 0.191 e. The molecule has 2 unspecified atom stereocenters. The lowest BCUT2D eigenvalue weighted by Crippen LogP contribution is -2.47. The standard InChI is InChI=1S/C20H32FN5.HI/c1-3-22-20(24-18-15-16(18)2)23-9-6-10-25-11-13-26(14-12-25)19-8-5-4-7-17(19)21;/h4-5,7-8,16,18H,3,6,9-15H2,1-2H3,(H2,22,23,24);1H. The molecule has 5 nitrogen and oxygen atoms in total. The number of halogens is 2. The predicted octanol–water partition coefficient (Wildman–Crippen LogP) is 2.92. The molecule has 0 bridgehead atoms. The van der Waals surface area contributed by atoms with Gasteiger partial charge >= 0.3 is 0 Å². The molecule has 0 amide bonds. The summed E-state index contributed by atoms with van der Waals surface area (Å²) in [6.07, 6.45) is 2.30. The number of anilines is 1. The number of nitrogens with zero attached hydrogens (tertiary/aromatic N) is 3. The van der Waals surface area contributed by atoms with Gasteiger partial charge in [0.1, 0.15) is 5.82 Å². The zero-order valence-corrected chi connectivity index (χ0v) is 18.8. The Morgan fingerprint density at radius 2 is 1.93 bits per heavy atom. The van der Waals surface area contributed by atoms with Gasteiger partial charge in [-0.05, 0) is 37.8 Å². The van der Waals surface area contributed by atoms with Crippen molar-refractivity contribution < 1.29 is 4.39 Å². The Morgan fingerprint density at radius 1 is 1.22 bits per heavy atom. The first-order valence-electron chi connectivity index (χ1n) is 9.94. The molecule has 1 aliphatic heterocycles. The van der Waals surface area contributed by atoms with E-state index in [1.165, 1.54) is 12.5 Å². The quantitative estimate of drug-likeness (QED) is 0.268. The van der Waals surface area contributed by atoms with Crippen molar-refractivity contribution in [2.45, 2.75) is 32.7 Å². The molecule has 0 radical (unpaired) electrons. The molecule has 2 aliphatic rings. The molecule has 1 aliphatic carbocycles. The lowest BCUT2D eigenvalue weighted by molar-refractivity contribution is 0.256. The van der Waals surface area contributed by atoms with Gasteiger partial charge in [0.2, 0.25) is 0 Å². The van der Waals surface area contributed by atoms with Crippen LogP contribution in [0.25, 0.3) is 0 Å². The summed E-state index contributed by atoms with van der Waals surface area (Å²) >= 11 is 0. The third-order valence-electron chi connectivity index (χ3n) is 5.24. The molecule has 1 saturated carbocycles. The largest absolute Gasteiger partial charge is 0.367 e. The van der Waals surface area contributed by atoms with Gasteiger partial charge in [-0.25, -0.2) is 4.39 Å². The van der Waals surface area contributed by atoms with E-state index >= 15 is 0 Å². The minimum atomic E-state index is -0.122. The number of nitrogens with one attached hydrogen (secondary N) is 2. The first-order valence-corrected chi connectivity index (χ1v) is 9.94. The molecule has 1 aromatic carbocycles. The average molecular weight is 489 g/mol. The number of aliphatic imine (C=N–C) groups is 1. The topological polar surface area (TPSA) is 42.9 Å². The van der Waals surface area contributed by atoms with Crippen molar-refractivity contribution in [3.63, 3.8) is 0 Å². The summed E-state index contributed by atoms with van der Waals surface area (Å²) < 4.78 is 13.9. The van der Waals surface area contributed by atoms with Crippen molar-refractivity contribution in [1.29, 1.82) is 0 Å². The maximum atomic E-state index is 13.9. The van der Waals surface area contributed by atoms with Gasteiger partial charge in [0.15, 0.2) is 5.96 Å². The van der Waals surface area contributed by atoms with Crippen molar-refractivity contribution in [3.8, 4) is 0 Å². The van der Waals surface area contributed by atoms with E-state index in [0.717, 1.165) is 69.8 Å². The molecule has 3 rings (SSSR count). The van der Waals surface area contributed by atoms with E-state index in [4.69, 9.17) is 4.99 Å². The SMILES string of the molecule is CCNC(=NCCCN1CCN(c2ccccc2F)CC1)NC1CC1C.I. The Kier molecular flexibility index (Phi) is 9.08. The second kappa shape index (κ2) is 11.0. The molecule has 2 atom stereocenters. The highest BCUT2D eigenvalue weighted by Gasteiger charge is 2.33. The number of hydrogen-bond donors (Lipinski definition) is 2. The number of para-hydroxylation sites is 1. The fourth-order valence-corrected chi connectivity index (χ4v) is 3.42. The molecule has 2 N–H and O–H groups in total. The van der Waals surface area contributed by atoms with Gasteiger partial charge in [-0.1, -0.05) is 19.1 Å². The normalized spacial score (nSPS) is 22.9. The van der Waals surface area contributed by atoms with E-state index < -0.39 is 0 Å². The van der Waals surface area contributed by atoms with Gasteiger partial charge in [-0.3, -0.25) is 9.89 Å². The summed E-state index contributed by atoms with van der Waals surface area (Å²) in [4.78, 5) is 9.30. The van der Waals surface area contributed by atoms with Crippen LogP contribution in [0.1, 0.15) is 26.7 Å². The number of guanidine groups is 1. The van der Waals surface area contributed by atoms with Crippen LogP contribution in [0.15, 0.2) is 29.3 Å². The molecular formula is C20H33FIN5. The lowest BCUT2D eigenvalue weighted by atomic mass is 10.2. The van der Waals surface area contributed by atoms with E-state index in [1.54, 1.807) is 6.07 Å². The van der Waals surface area contributed by atoms with E-state index in [0.29, 0.717) is 6.04 Å². The summed E-state index contributed by atoms with van der Waals surface area (Å²) in [5.41, 5.74) is 0.729. The van der Waals surface area contributed by atoms with Crippen LogP contribution in [0.3, 0.4) is 0 Å². The minimum Gasteiger partial charge on any atom is -0.367 e. The number of benzene rings is 1. The van der Waals surface area contributed by atoms with Crippen molar-refractivity contribution in [3.05, 3.63) is 30.1 Å². The fraction of sp³-hybridized carbons (Fsp3) is 0.650. The Hall–Kier alpha value is -1.09. The van der Waals surface area contributed by atoms with Crippen molar-refractivity contribution in [2.75, 3.05) is 50.7 Å². The van der Waals surface area contributed by atoms with Crippen LogP contribution in [0.2, 0.25) is 0 Å². The molecular weight excluding hydrogens is 456 g/mol. The number of rotatable bonds is 7. The summed E-state index contributed by atoms with van der Waals surface area (Å²) in [6, 6.07) is 7.66. The predicted molar refractivity (Wildman–Crippen MR) is 122 cm³/mol. The van der Waals surface area contributed by atoms with Crippen LogP contribution in [-0.4, -0.2) is 62.7 Å². The monoisotopic (exact) mass is 489 g/mol. The summed E-state index contributed by atoms with van der Waals surface area (Å²) in [7, 11) is 0. The van der Waals surface area contributed by atoms with Gasteiger partial charge in [-0.2, -0.15) is 0 Å². The highest BCUT2D eigenvalue weighted by atomic mass is 127. The Morgan fingerprint density at radius 3 is 2.56 bits per heavy atom. The van der Waals surface area contributed by atoms with E-state index in [2.05, 4.69) is 34.3 Å². The zero-order chi connectivity index (χ0) is 18.4. The highest BCUT2D eigenvalue weighted by molar-refractivity contribution is 14.0. The lowest BCUT2D eigenvalue weighted by Gasteiger charge is -2.36. The second-order valence-electron chi connectivity index (χ2n) is 7.36. The van der Waals surface area contributed by atoms with Crippen molar-refractivity contribution >= 4 is 35.6 Å². The molecule has 2 fully saturated rings. The van der Waals surface area contributed by atoms with Crippen molar-refractivity contribution in [2.24, 2.45) is 10.9 Å². The van der Waals surface area contributed by atoms with Gasteiger partial charge < -0.3 is 15.5 Å². The van der Waals surface area contributed by atoms with Gasteiger partial charge in [0, 0.05) is 51.9 Å². The van der Waals surface area contributed by atoms with Crippen LogP contribution < -0.4 is 15.5 Å². The maximum absolute atomic E-state index is 13.9. The fourth-order valence-electron chi connectivity index (χ4n) is 3.42. The van der Waals surface area contributed by atoms with Gasteiger partial charge in [-0.15, -0.1) is 24.0 Å². The second-order valence-corrected chi connectivity index (χ2v) is 7.36. The van der Waals surface area contributed by atoms with E-state index in [9.17, 15) is 4.39 Å². The summed E-state index contributed by atoms with van der Waals surface area (Å²) in [5.74, 6) is 1.60. The average Bonchev–Trinajstić information content (AvgIpc) is 3.34. The van der Waals surface area contributed by atoms with Crippen LogP contribution in [-0.2, 0) is 0 Å². The molecule has 27 heavy (non-hydrogen) atoms. The van der Waals surface area contributed by atoms with E-state index in [1.807, 2.05) is 12.1 Å². The first kappa shape index (κ1) is 22.2.